The molecule has 7 heteroatoms. The third-order valence-corrected chi connectivity index (χ3v) is 3.10. The molecule has 0 aliphatic carbocycles. The lowest BCUT2D eigenvalue weighted by atomic mass is 10.2. The lowest BCUT2D eigenvalue weighted by Gasteiger charge is -2.07. The molecular formula is C12H19ClN2O3S. The van der Waals surface area contributed by atoms with E-state index in [2.05, 4.69) is 10.6 Å². The van der Waals surface area contributed by atoms with Crippen molar-refractivity contribution in [1.82, 2.24) is 5.32 Å². The van der Waals surface area contributed by atoms with Gasteiger partial charge in [0, 0.05) is 24.9 Å². The second-order valence-electron chi connectivity index (χ2n) is 4.17. The van der Waals surface area contributed by atoms with Crippen molar-refractivity contribution in [3.63, 3.8) is 0 Å². The number of anilines is 1. The fourth-order valence-electron chi connectivity index (χ4n) is 1.50. The summed E-state index contributed by atoms with van der Waals surface area (Å²) < 4.78 is 22.4. The fourth-order valence-corrected chi connectivity index (χ4v) is 2.29. The predicted molar refractivity (Wildman–Crippen MR) is 79.4 cm³/mol. The first-order valence-electron chi connectivity index (χ1n) is 5.62. The van der Waals surface area contributed by atoms with Crippen LogP contribution in [0.1, 0.15) is 12.0 Å². The molecular weight excluding hydrogens is 288 g/mol. The summed E-state index contributed by atoms with van der Waals surface area (Å²) in [4.78, 5) is 11.5. The van der Waals surface area contributed by atoms with Crippen LogP contribution in [-0.4, -0.2) is 34.2 Å². The van der Waals surface area contributed by atoms with Crippen LogP contribution < -0.4 is 10.6 Å². The molecule has 1 rings (SSSR count). The lowest BCUT2D eigenvalue weighted by molar-refractivity contribution is -0.116. The summed E-state index contributed by atoms with van der Waals surface area (Å²) in [5, 5.41) is 5.62. The number of carbonyl (C=O) groups is 1. The normalized spacial score (nSPS) is 10.6. The van der Waals surface area contributed by atoms with Gasteiger partial charge in [-0.2, -0.15) is 0 Å². The van der Waals surface area contributed by atoms with E-state index in [1.165, 1.54) is 6.26 Å². The highest BCUT2D eigenvalue weighted by Crippen LogP contribution is 2.13. The van der Waals surface area contributed by atoms with Crippen LogP contribution in [0.2, 0.25) is 0 Å². The summed E-state index contributed by atoms with van der Waals surface area (Å²) in [6.07, 6.45) is 1.57. The van der Waals surface area contributed by atoms with Gasteiger partial charge in [0.25, 0.3) is 0 Å². The molecule has 0 atom stereocenters. The van der Waals surface area contributed by atoms with Crippen molar-refractivity contribution < 1.29 is 13.2 Å². The third kappa shape index (κ3) is 7.81. The van der Waals surface area contributed by atoms with Gasteiger partial charge in [-0.05, 0) is 24.7 Å². The number of hydrogen-bond acceptors (Lipinski definition) is 4. The van der Waals surface area contributed by atoms with E-state index >= 15 is 0 Å². The Kier molecular flexibility index (Phi) is 7.66. The zero-order valence-electron chi connectivity index (χ0n) is 11.0. The molecule has 0 fully saturated rings. The topological polar surface area (TPSA) is 75.3 Å². The summed E-state index contributed by atoms with van der Waals surface area (Å²) in [6.45, 7) is 0.606. The second-order valence-corrected chi connectivity index (χ2v) is 6.31. The van der Waals surface area contributed by atoms with E-state index in [-0.39, 0.29) is 24.1 Å². The number of sulfone groups is 1. The van der Waals surface area contributed by atoms with Gasteiger partial charge in [-0.1, -0.05) is 12.1 Å². The summed E-state index contributed by atoms with van der Waals surface area (Å²) in [5.41, 5.74) is 1.29. The van der Waals surface area contributed by atoms with Crippen molar-refractivity contribution >= 4 is 33.8 Å². The monoisotopic (exact) mass is 306 g/mol. The minimum Gasteiger partial charge on any atom is -0.326 e. The molecule has 0 aliphatic heterocycles. The van der Waals surface area contributed by atoms with Crippen molar-refractivity contribution in [1.29, 1.82) is 0 Å². The highest BCUT2D eigenvalue weighted by atomic mass is 35.5. The van der Waals surface area contributed by atoms with E-state index in [0.29, 0.717) is 24.2 Å². The highest BCUT2D eigenvalue weighted by molar-refractivity contribution is 7.89. The molecule has 0 unspecified atom stereocenters. The molecule has 0 radical (unpaired) electrons. The van der Waals surface area contributed by atoms with Gasteiger partial charge in [-0.15, -0.1) is 12.4 Å². The molecule has 1 amide bonds. The Morgan fingerprint density at radius 3 is 2.58 bits per heavy atom. The molecule has 0 saturated carbocycles. The Balaban J connectivity index is 0.00000324. The van der Waals surface area contributed by atoms with Crippen LogP contribution in [0.15, 0.2) is 24.3 Å². The largest absolute Gasteiger partial charge is 0.326 e. The van der Waals surface area contributed by atoms with Gasteiger partial charge in [0.15, 0.2) is 9.84 Å². The molecule has 0 aromatic heterocycles. The average Bonchev–Trinajstić information content (AvgIpc) is 2.24. The number of amides is 1. The molecule has 0 aliphatic rings. The van der Waals surface area contributed by atoms with Gasteiger partial charge in [-0.25, -0.2) is 8.42 Å². The molecule has 1 aromatic carbocycles. The predicted octanol–water partition coefficient (Wildman–Crippen LogP) is 1.20. The molecule has 5 nitrogen and oxygen atoms in total. The Hall–Kier alpha value is -1.11. The standard InChI is InChI=1S/C12H18N2O3S.ClH/c1-13-7-6-12(15)14-11-5-3-4-10(8-11)9-18(2,16)17;/h3-5,8,13H,6-7,9H2,1-2H3,(H,14,15);1H. The minimum absolute atomic E-state index is 0. The van der Waals surface area contributed by atoms with Gasteiger partial charge >= 0.3 is 0 Å². The third-order valence-electron chi connectivity index (χ3n) is 2.24. The van der Waals surface area contributed by atoms with Crippen molar-refractivity contribution in [3.8, 4) is 0 Å². The Labute approximate surface area is 120 Å². The van der Waals surface area contributed by atoms with Crippen LogP contribution in [-0.2, 0) is 20.4 Å². The van der Waals surface area contributed by atoms with Crippen LogP contribution in [0.5, 0.6) is 0 Å². The van der Waals surface area contributed by atoms with Gasteiger partial charge in [0.05, 0.1) is 5.75 Å². The van der Waals surface area contributed by atoms with Crippen molar-refractivity contribution in [2.45, 2.75) is 12.2 Å². The zero-order valence-corrected chi connectivity index (χ0v) is 12.6. The number of rotatable bonds is 6. The molecule has 1 aromatic rings. The molecule has 108 valence electrons. The van der Waals surface area contributed by atoms with E-state index in [1.807, 2.05) is 0 Å². The van der Waals surface area contributed by atoms with Crippen LogP contribution in [0, 0.1) is 0 Å². The van der Waals surface area contributed by atoms with E-state index < -0.39 is 9.84 Å². The second kappa shape index (κ2) is 8.14. The van der Waals surface area contributed by atoms with Gasteiger partial charge in [0.1, 0.15) is 0 Å². The van der Waals surface area contributed by atoms with Crippen molar-refractivity contribution in [3.05, 3.63) is 29.8 Å². The Morgan fingerprint density at radius 2 is 2.00 bits per heavy atom. The van der Waals surface area contributed by atoms with Crippen LogP contribution >= 0.6 is 12.4 Å². The Bertz CT molecular complexity index is 517. The smallest absolute Gasteiger partial charge is 0.225 e. The van der Waals surface area contributed by atoms with E-state index in [9.17, 15) is 13.2 Å². The number of hydrogen-bond donors (Lipinski definition) is 2. The van der Waals surface area contributed by atoms with E-state index in [4.69, 9.17) is 0 Å². The number of benzene rings is 1. The number of nitrogens with one attached hydrogen (secondary N) is 2. The van der Waals surface area contributed by atoms with Crippen LogP contribution in [0.25, 0.3) is 0 Å². The maximum Gasteiger partial charge on any atom is 0.225 e. The first-order valence-corrected chi connectivity index (χ1v) is 7.68. The molecule has 0 spiro atoms. The molecule has 0 heterocycles. The number of carbonyl (C=O) groups excluding carboxylic acids is 1. The minimum atomic E-state index is -3.06. The zero-order chi connectivity index (χ0) is 13.6. The Morgan fingerprint density at radius 1 is 1.32 bits per heavy atom. The maximum atomic E-state index is 11.5. The van der Waals surface area contributed by atoms with Crippen LogP contribution in [0.4, 0.5) is 5.69 Å². The van der Waals surface area contributed by atoms with Crippen molar-refractivity contribution in [2.75, 3.05) is 25.2 Å². The number of halogens is 1. The van der Waals surface area contributed by atoms with E-state index in [1.54, 1.807) is 31.3 Å². The summed E-state index contributed by atoms with van der Waals surface area (Å²) in [7, 11) is -1.28. The van der Waals surface area contributed by atoms with Gasteiger partial charge in [0.2, 0.25) is 5.91 Å². The van der Waals surface area contributed by atoms with Crippen molar-refractivity contribution in [2.24, 2.45) is 0 Å². The highest BCUT2D eigenvalue weighted by Gasteiger charge is 2.06. The molecule has 0 saturated heterocycles. The fraction of sp³-hybridized carbons (Fsp3) is 0.417. The maximum absolute atomic E-state index is 11.5. The first-order chi connectivity index (χ1) is 8.40. The molecule has 2 N–H and O–H groups in total. The van der Waals surface area contributed by atoms with E-state index in [0.717, 1.165) is 0 Å². The van der Waals surface area contributed by atoms with Crippen LogP contribution in [0.3, 0.4) is 0 Å². The molecule has 0 bridgehead atoms. The summed E-state index contributed by atoms with van der Waals surface area (Å²) in [6, 6.07) is 6.87. The SMILES string of the molecule is CNCCC(=O)Nc1cccc(CS(C)(=O)=O)c1.Cl. The molecule has 19 heavy (non-hydrogen) atoms. The summed E-state index contributed by atoms with van der Waals surface area (Å²) >= 11 is 0. The van der Waals surface area contributed by atoms with Gasteiger partial charge in [-0.3, -0.25) is 4.79 Å². The quantitative estimate of drug-likeness (QED) is 0.828. The van der Waals surface area contributed by atoms with Gasteiger partial charge < -0.3 is 10.6 Å². The lowest BCUT2D eigenvalue weighted by Crippen LogP contribution is -2.18. The first kappa shape index (κ1) is 17.9. The average molecular weight is 307 g/mol. The summed E-state index contributed by atoms with van der Waals surface area (Å²) in [5.74, 6) is -0.117.